The summed E-state index contributed by atoms with van der Waals surface area (Å²) >= 11 is 0. The summed E-state index contributed by atoms with van der Waals surface area (Å²) in [5.41, 5.74) is 8.68. The largest absolute Gasteiger partial charge is 0.340 e. The molecule has 1 unspecified atom stereocenters. The molecule has 0 bridgehead atoms. The zero-order chi connectivity index (χ0) is 17.7. The third-order valence-electron chi connectivity index (χ3n) is 4.71. The molecule has 1 fully saturated rings. The van der Waals surface area contributed by atoms with Gasteiger partial charge in [0, 0.05) is 44.3 Å². The standard InChI is InChI=1S/C18H28N4O2/c1-13-5-4-6-16(15(13)3)20-17(23)12-21-7-9-22(10-8-21)18(24)14(2)11-19/h4-6,14H,7-12,19H2,1-3H3,(H,20,23). The van der Waals surface area contributed by atoms with E-state index >= 15 is 0 Å². The molecule has 2 rings (SSSR count). The molecule has 6 nitrogen and oxygen atoms in total. The Morgan fingerprint density at radius 3 is 2.50 bits per heavy atom. The highest BCUT2D eigenvalue weighted by Crippen LogP contribution is 2.18. The molecule has 1 aliphatic rings. The van der Waals surface area contributed by atoms with Crippen molar-refractivity contribution in [1.82, 2.24) is 9.80 Å². The summed E-state index contributed by atoms with van der Waals surface area (Å²) in [7, 11) is 0. The van der Waals surface area contributed by atoms with E-state index in [0.29, 0.717) is 39.3 Å². The number of amides is 2. The average Bonchev–Trinajstić information content (AvgIpc) is 2.58. The summed E-state index contributed by atoms with van der Waals surface area (Å²) in [5.74, 6) is -0.0417. The normalized spacial score (nSPS) is 16.8. The Labute approximate surface area is 144 Å². The molecule has 1 aromatic rings. The highest BCUT2D eigenvalue weighted by molar-refractivity contribution is 5.93. The lowest BCUT2D eigenvalue weighted by molar-refractivity contribution is -0.136. The van der Waals surface area contributed by atoms with Crippen molar-refractivity contribution >= 4 is 17.5 Å². The number of piperazine rings is 1. The molecule has 1 heterocycles. The summed E-state index contributed by atoms with van der Waals surface area (Å²) < 4.78 is 0. The van der Waals surface area contributed by atoms with Crippen LogP contribution < -0.4 is 11.1 Å². The van der Waals surface area contributed by atoms with E-state index in [4.69, 9.17) is 5.73 Å². The van der Waals surface area contributed by atoms with Gasteiger partial charge in [-0.05, 0) is 31.0 Å². The second-order valence-electron chi connectivity index (χ2n) is 6.53. The van der Waals surface area contributed by atoms with Crippen LogP contribution in [-0.4, -0.2) is 60.9 Å². The van der Waals surface area contributed by atoms with Crippen molar-refractivity contribution in [3.8, 4) is 0 Å². The van der Waals surface area contributed by atoms with Crippen LogP contribution in [0.15, 0.2) is 18.2 Å². The van der Waals surface area contributed by atoms with Crippen molar-refractivity contribution in [2.45, 2.75) is 20.8 Å². The Morgan fingerprint density at radius 2 is 1.88 bits per heavy atom. The maximum Gasteiger partial charge on any atom is 0.238 e. The number of benzene rings is 1. The van der Waals surface area contributed by atoms with Crippen molar-refractivity contribution in [1.29, 1.82) is 0 Å². The van der Waals surface area contributed by atoms with Crippen LogP contribution in [0.2, 0.25) is 0 Å². The Hall–Kier alpha value is -1.92. The smallest absolute Gasteiger partial charge is 0.238 e. The molecule has 24 heavy (non-hydrogen) atoms. The molecule has 0 aliphatic carbocycles. The van der Waals surface area contributed by atoms with Gasteiger partial charge in [-0.1, -0.05) is 19.1 Å². The van der Waals surface area contributed by atoms with Gasteiger partial charge in [0.2, 0.25) is 11.8 Å². The van der Waals surface area contributed by atoms with Crippen LogP contribution in [0, 0.1) is 19.8 Å². The van der Waals surface area contributed by atoms with Gasteiger partial charge in [-0.25, -0.2) is 0 Å². The van der Waals surface area contributed by atoms with Crippen molar-refractivity contribution in [2.75, 3.05) is 44.6 Å². The van der Waals surface area contributed by atoms with Gasteiger partial charge in [-0.15, -0.1) is 0 Å². The van der Waals surface area contributed by atoms with Gasteiger partial charge in [0.25, 0.3) is 0 Å². The lowest BCUT2D eigenvalue weighted by Gasteiger charge is -2.35. The highest BCUT2D eigenvalue weighted by atomic mass is 16.2. The number of nitrogens with zero attached hydrogens (tertiary/aromatic N) is 2. The van der Waals surface area contributed by atoms with Crippen LogP contribution in [0.4, 0.5) is 5.69 Å². The van der Waals surface area contributed by atoms with Gasteiger partial charge >= 0.3 is 0 Å². The van der Waals surface area contributed by atoms with E-state index in [1.807, 2.05) is 43.9 Å². The topological polar surface area (TPSA) is 78.7 Å². The fourth-order valence-corrected chi connectivity index (χ4v) is 2.82. The molecular weight excluding hydrogens is 304 g/mol. The van der Waals surface area contributed by atoms with E-state index in [2.05, 4.69) is 10.2 Å². The summed E-state index contributed by atoms with van der Waals surface area (Å²) in [4.78, 5) is 28.3. The first-order valence-electron chi connectivity index (χ1n) is 8.49. The summed E-state index contributed by atoms with van der Waals surface area (Å²) in [5, 5.41) is 2.98. The van der Waals surface area contributed by atoms with Crippen LogP contribution in [0.3, 0.4) is 0 Å². The molecule has 1 aromatic carbocycles. The van der Waals surface area contributed by atoms with Gasteiger partial charge in [-0.3, -0.25) is 14.5 Å². The van der Waals surface area contributed by atoms with E-state index in [1.165, 1.54) is 0 Å². The van der Waals surface area contributed by atoms with Crippen LogP contribution in [0.25, 0.3) is 0 Å². The maximum absolute atomic E-state index is 12.3. The Bertz CT molecular complexity index is 595. The molecule has 0 aromatic heterocycles. The number of aryl methyl sites for hydroxylation is 1. The maximum atomic E-state index is 12.3. The molecule has 1 atom stereocenters. The summed E-state index contributed by atoms with van der Waals surface area (Å²) in [6.07, 6.45) is 0. The van der Waals surface area contributed by atoms with Crippen molar-refractivity contribution in [3.05, 3.63) is 29.3 Å². The molecule has 3 N–H and O–H groups in total. The van der Waals surface area contributed by atoms with E-state index < -0.39 is 0 Å². The number of nitrogens with two attached hydrogens (primary N) is 1. The van der Waals surface area contributed by atoms with Gasteiger partial charge in [0.15, 0.2) is 0 Å². The van der Waals surface area contributed by atoms with Gasteiger partial charge in [0.05, 0.1) is 6.54 Å². The molecule has 2 amide bonds. The number of hydrogen-bond donors (Lipinski definition) is 2. The zero-order valence-corrected chi connectivity index (χ0v) is 14.8. The predicted molar refractivity (Wildman–Crippen MR) is 95.8 cm³/mol. The third-order valence-corrected chi connectivity index (χ3v) is 4.71. The molecule has 132 valence electrons. The third kappa shape index (κ3) is 4.55. The van der Waals surface area contributed by atoms with Crippen molar-refractivity contribution < 1.29 is 9.59 Å². The van der Waals surface area contributed by atoms with Crippen molar-refractivity contribution in [3.63, 3.8) is 0 Å². The van der Waals surface area contributed by atoms with E-state index in [1.54, 1.807) is 0 Å². The number of nitrogens with one attached hydrogen (secondary N) is 1. The number of hydrogen-bond acceptors (Lipinski definition) is 4. The number of carbonyl (C=O) groups excluding carboxylic acids is 2. The van der Waals surface area contributed by atoms with E-state index in [-0.39, 0.29) is 17.7 Å². The fraction of sp³-hybridized carbons (Fsp3) is 0.556. The molecule has 0 spiro atoms. The number of carbonyl (C=O) groups is 2. The number of anilines is 1. The summed E-state index contributed by atoms with van der Waals surface area (Å²) in [6, 6.07) is 5.90. The highest BCUT2D eigenvalue weighted by Gasteiger charge is 2.25. The number of rotatable bonds is 5. The van der Waals surface area contributed by atoms with E-state index in [9.17, 15) is 9.59 Å². The minimum Gasteiger partial charge on any atom is -0.340 e. The first kappa shape index (κ1) is 18.4. The van der Waals surface area contributed by atoms with E-state index in [0.717, 1.165) is 16.8 Å². The first-order chi connectivity index (χ1) is 11.4. The van der Waals surface area contributed by atoms with Crippen LogP contribution in [0.5, 0.6) is 0 Å². The molecular formula is C18H28N4O2. The van der Waals surface area contributed by atoms with Gasteiger partial charge < -0.3 is 16.0 Å². The monoisotopic (exact) mass is 332 g/mol. The lowest BCUT2D eigenvalue weighted by Crippen LogP contribution is -2.52. The molecule has 0 radical (unpaired) electrons. The molecule has 1 saturated heterocycles. The Balaban J connectivity index is 1.82. The van der Waals surface area contributed by atoms with Crippen molar-refractivity contribution in [2.24, 2.45) is 11.7 Å². The fourth-order valence-electron chi connectivity index (χ4n) is 2.82. The molecule has 6 heteroatoms. The SMILES string of the molecule is Cc1cccc(NC(=O)CN2CCN(C(=O)C(C)CN)CC2)c1C. The first-order valence-corrected chi connectivity index (χ1v) is 8.49. The average molecular weight is 332 g/mol. The molecule has 1 aliphatic heterocycles. The second-order valence-corrected chi connectivity index (χ2v) is 6.53. The Morgan fingerprint density at radius 1 is 1.21 bits per heavy atom. The minimum absolute atomic E-state index is 0.0150. The predicted octanol–water partition coefficient (Wildman–Crippen LogP) is 0.981. The van der Waals surface area contributed by atoms with Crippen LogP contribution in [0.1, 0.15) is 18.1 Å². The van der Waals surface area contributed by atoms with Gasteiger partial charge in [-0.2, -0.15) is 0 Å². The minimum atomic E-state index is -0.135. The van der Waals surface area contributed by atoms with Crippen LogP contribution in [-0.2, 0) is 9.59 Å². The van der Waals surface area contributed by atoms with Crippen LogP contribution >= 0.6 is 0 Å². The zero-order valence-electron chi connectivity index (χ0n) is 14.8. The van der Waals surface area contributed by atoms with Gasteiger partial charge in [0.1, 0.15) is 0 Å². The second kappa shape index (κ2) is 8.26. The lowest BCUT2D eigenvalue weighted by atomic mass is 10.1. The molecule has 0 saturated carbocycles. The quantitative estimate of drug-likeness (QED) is 0.842. The Kier molecular flexibility index (Phi) is 6.34. The summed E-state index contributed by atoms with van der Waals surface area (Å²) in [6.45, 7) is 9.34.